The molecule has 0 saturated carbocycles. The van der Waals surface area contributed by atoms with Gasteiger partial charge in [-0.25, -0.2) is 4.79 Å². The summed E-state index contributed by atoms with van der Waals surface area (Å²) in [6.45, 7) is 4.25. The Labute approximate surface area is 113 Å². The van der Waals surface area contributed by atoms with E-state index in [1.165, 1.54) is 17.6 Å². The Hall–Kier alpha value is -1.66. The zero-order chi connectivity index (χ0) is 13.7. The van der Waals surface area contributed by atoms with Gasteiger partial charge in [0, 0.05) is 13.1 Å². The summed E-state index contributed by atoms with van der Waals surface area (Å²) in [5, 5.41) is 14.5. The summed E-state index contributed by atoms with van der Waals surface area (Å²) in [5.41, 5.74) is 0. The molecule has 0 unspecified atom stereocenters. The zero-order valence-electron chi connectivity index (χ0n) is 11.7. The minimum Gasteiger partial charge on any atom is -0.331 e. The average molecular weight is 266 g/mol. The van der Waals surface area contributed by atoms with Gasteiger partial charge in [0.05, 0.1) is 13.6 Å². The van der Waals surface area contributed by atoms with Gasteiger partial charge < -0.3 is 10.2 Å². The van der Waals surface area contributed by atoms with Gasteiger partial charge in [-0.05, 0) is 30.4 Å². The number of urea groups is 1. The number of rotatable bonds is 3. The van der Waals surface area contributed by atoms with Crippen LogP contribution < -0.4 is 5.32 Å². The van der Waals surface area contributed by atoms with Crippen molar-refractivity contribution in [3.8, 4) is 0 Å². The van der Waals surface area contributed by atoms with Crippen molar-refractivity contribution in [3.05, 3.63) is 5.82 Å². The quantitative estimate of drug-likeness (QED) is 0.883. The van der Waals surface area contributed by atoms with E-state index in [0.717, 1.165) is 31.8 Å². The van der Waals surface area contributed by atoms with Crippen LogP contribution in [0.2, 0.25) is 0 Å². The number of carbonyl (C=O) groups is 1. The Morgan fingerprint density at radius 2 is 2.26 bits per heavy atom. The summed E-state index contributed by atoms with van der Waals surface area (Å²) in [6, 6.07) is -0.0239. The number of nitrogens with zero attached hydrogens (tertiary/aromatic N) is 5. The first-order valence-corrected chi connectivity index (χ1v) is 6.94. The van der Waals surface area contributed by atoms with Crippen molar-refractivity contribution in [1.29, 1.82) is 0 Å². The van der Waals surface area contributed by atoms with Gasteiger partial charge in [0.1, 0.15) is 0 Å². The summed E-state index contributed by atoms with van der Waals surface area (Å²) in [6.07, 6.45) is 4.63. The monoisotopic (exact) mass is 266 g/mol. The molecule has 0 radical (unpaired) electrons. The number of aryl methyl sites for hydroxylation is 1. The van der Waals surface area contributed by atoms with Crippen LogP contribution in [0.5, 0.6) is 0 Å². The predicted molar refractivity (Wildman–Crippen MR) is 70.2 cm³/mol. The van der Waals surface area contributed by atoms with E-state index in [9.17, 15) is 4.79 Å². The summed E-state index contributed by atoms with van der Waals surface area (Å²) in [7, 11) is 1.71. The normalized spacial score (nSPS) is 20.1. The molecule has 1 aliphatic rings. The number of nitrogens with one attached hydrogen (secondary N) is 1. The first kappa shape index (κ1) is 13.8. The Bertz CT molecular complexity index is 418. The second-order valence-electron chi connectivity index (χ2n) is 5.05. The van der Waals surface area contributed by atoms with Crippen LogP contribution in [0.3, 0.4) is 0 Å². The van der Waals surface area contributed by atoms with Crippen LogP contribution in [0, 0.1) is 5.92 Å². The molecular formula is C12H22N6O. The molecule has 1 aromatic rings. The molecule has 19 heavy (non-hydrogen) atoms. The van der Waals surface area contributed by atoms with Gasteiger partial charge in [-0.15, -0.1) is 10.2 Å². The maximum Gasteiger partial charge on any atom is 0.317 e. The van der Waals surface area contributed by atoms with Gasteiger partial charge in [-0.1, -0.05) is 13.3 Å². The molecule has 7 nitrogen and oxygen atoms in total. The molecule has 0 spiro atoms. The van der Waals surface area contributed by atoms with Crippen LogP contribution in [0.4, 0.5) is 4.79 Å². The van der Waals surface area contributed by atoms with E-state index in [4.69, 9.17) is 0 Å². The van der Waals surface area contributed by atoms with Crippen LogP contribution in [0.1, 0.15) is 38.4 Å². The lowest BCUT2D eigenvalue weighted by molar-refractivity contribution is 0.198. The predicted octanol–water partition coefficient (Wildman–Crippen LogP) is 0.932. The van der Waals surface area contributed by atoms with Crippen molar-refractivity contribution in [1.82, 2.24) is 30.4 Å². The summed E-state index contributed by atoms with van der Waals surface area (Å²) in [5.74, 6) is 1.30. The lowest BCUT2D eigenvalue weighted by Crippen LogP contribution is -2.40. The number of likely N-dealkylation sites (tertiary alicyclic amines) is 1. The fraction of sp³-hybridized carbons (Fsp3) is 0.833. The van der Waals surface area contributed by atoms with Crippen LogP contribution in [0.15, 0.2) is 0 Å². The van der Waals surface area contributed by atoms with E-state index in [1.807, 2.05) is 4.90 Å². The summed E-state index contributed by atoms with van der Waals surface area (Å²) in [4.78, 5) is 15.3. The van der Waals surface area contributed by atoms with Gasteiger partial charge >= 0.3 is 6.03 Å². The molecule has 1 aliphatic heterocycles. The Morgan fingerprint density at radius 1 is 1.42 bits per heavy atom. The highest BCUT2D eigenvalue weighted by Crippen LogP contribution is 2.20. The average Bonchev–Trinajstić information content (AvgIpc) is 2.69. The molecule has 1 atom stereocenters. The van der Waals surface area contributed by atoms with Crippen LogP contribution in [-0.2, 0) is 13.6 Å². The summed E-state index contributed by atoms with van der Waals surface area (Å²) >= 11 is 0. The van der Waals surface area contributed by atoms with Gasteiger partial charge in [0.2, 0.25) is 0 Å². The number of carbonyl (C=O) groups excluding carboxylic acids is 1. The van der Waals surface area contributed by atoms with E-state index in [-0.39, 0.29) is 6.03 Å². The number of aromatic nitrogens is 4. The minimum atomic E-state index is -0.0239. The first-order valence-electron chi connectivity index (χ1n) is 6.94. The minimum absolute atomic E-state index is 0.0239. The van der Waals surface area contributed by atoms with E-state index in [1.54, 1.807) is 7.05 Å². The van der Waals surface area contributed by atoms with Crippen LogP contribution in [0.25, 0.3) is 0 Å². The fourth-order valence-electron chi connectivity index (χ4n) is 2.44. The van der Waals surface area contributed by atoms with E-state index < -0.39 is 0 Å². The van der Waals surface area contributed by atoms with Crippen molar-refractivity contribution in [2.75, 3.05) is 13.1 Å². The molecule has 7 heteroatoms. The molecule has 1 fully saturated rings. The molecule has 1 saturated heterocycles. The number of hydrogen-bond donors (Lipinski definition) is 1. The topological polar surface area (TPSA) is 75.9 Å². The number of amides is 2. The smallest absolute Gasteiger partial charge is 0.317 e. The van der Waals surface area contributed by atoms with E-state index in [2.05, 4.69) is 27.7 Å². The molecule has 1 aromatic heterocycles. The van der Waals surface area contributed by atoms with E-state index >= 15 is 0 Å². The standard InChI is InChI=1S/C12H22N6O/c1-3-10-5-4-7-18(8-6-10)12(19)13-9-11-14-16-17(2)15-11/h10H,3-9H2,1-2H3,(H,13,19)/t10-/m0/s1. The van der Waals surface area contributed by atoms with Crippen molar-refractivity contribution >= 4 is 6.03 Å². The molecule has 2 heterocycles. The molecule has 1 N–H and O–H groups in total. The SMILES string of the molecule is CC[C@H]1CCCN(C(=O)NCc2nnn(C)n2)CC1. The zero-order valence-corrected chi connectivity index (χ0v) is 11.7. The lowest BCUT2D eigenvalue weighted by atomic mass is 9.98. The highest BCUT2D eigenvalue weighted by Gasteiger charge is 2.19. The summed E-state index contributed by atoms with van der Waals surface area (Å²) < 4.78 is 0. The Kier molecular flexibility index (Phi) is 4.70. The number of tetrazole rings is 1. The van der Waals surface area contributed by atoms with Gasteiger partial charge in [-0.3, -0.25) is 0 Å². The Morgan fingerprint density at radius 3 is 2.95 bits per heavy atom. The van der Waals surface area contributed by atoms with Gasteiger partial charge in [0.15, 0.2) is 5.82 Å². The Balaban J connectivity index is 1.79. The lowest BCUT2D eigenvalue weighted by Gasteiger charge is -2.20. The van der Waals surface area contributed by atoms with Gasteiger partial charge in [0.25, 0.3) is 0 Å². The molecule has 2 rings (SSSR count). The first-order chi connectivity index (χ1) is 9.19. The van der Waals surface area contributed by atoms with Crippen molar-refractivity contribution in [2.45, 2.75) is 39.2 Å². The molecule has 106 valence electrons. The van der Waals surface area contributed by atoms with Crippen molar-refractivity contribution < 1.29 is 4.79 Å². The molecule has 0 aromatic carbocycles. The maximum atomic E-state index is 12.1. The maximum absolute atomic E-state index is 12.1. The highest BCUT2D eigenvalue weighted by atomic mass is 16.2. The van der Waals surface area contributed by atoms with Gasteiger partial charge in [-0.2, -0.15) is 4.80 Å². The van der Waals surface area contributed by atoms with Crippen molar-refractivity contribution in [2.24, 2.45) is 13.0 Å². The van der Waals surface area contributed by atoms with Crippen LogP contribution in [-0.4, -0.2) is 44.2 Å². The second kappa shape index (κ2) is 6.49. The third kappa shape index (κ3) is 3.90. The molecule has 2 amide bonds. The van der Waals surface area contributed by atoms with E-state index in [0.29, 0.717) is 12.4 Å². The largest absolute Gasteiger partial charge is 0.331 e. The molecular weight excluding hydrogens is 244 g/mol. The van der Waals surface area contributed by atoms with Crippen LogP contribution >= 0.6 is 0 Å². The second-order valence-corrected chi connectivity index (χ2v) is 5.05. The molecule has 0 aliphatic carbocycles. The number of hydrogen-bond acceptors (Lipinski definition) is 4. The highest BCUT2D eigenvalue weighted by molar-refractivity contribution is 5.74. The fourth-order valence-corrected chi connectivity index (χ4v) is 2.44. The third-order valence-corrected chi connectivity index (χ3v) is 3.66. The third-order valence-electron chi connectivity index (χ3n) is 3.66. The molecule has 0 bridgehead atoms. The van der Waals surface area contributed by atoms with Crippen molar-refractivity contribution in [3.63, 3.8) is 0 Å².